The Labute approximate surface area is 173 Å². The molecule has 5 heteroatoms. The van der Waals surface area contributed by atoms with Crippen molar-refractivity contribution in [2.45, 2.75) is 128 Å². The van der Waals surface area contributed by atoms with Crippen LogP contribution in [0.3, 0.4) is 0 Å². The van der Waals surface area contributed by atoms with E-state index in [4.69, 9.17) is 14.2 Å². The number of unbranched alkanes of at least 4 members (excludes halogenated alkanes) is 6. The molecule has 0 aromatic heterocycles. The van der Waals surface area contributed by atoms with E-state index in [1.165, 1.54) is 50.0 Å². The molecule has 5 nitrogen and oxygen atoms in total. The SMILES string of the molecule is CC1(C)CC(OCCCCCCCCCOC2CCCCO2)CC(C)(C)N1O. The largest absolute Gasteiger partial charge is 0.378 e. The third kappa shape index (κ3) is 8.27. The van der Waals surface area contributed by atoms with Gasteiger partial charge in [-0.2, -0.15) is 5.06 Å². The molecule has 0 spiro atoms. The lowest BCUT2D eigenvalue weighted by Gasteiger charge is -2.51. The van der Waals surface area contributed by atoms with E-state index in [1.807, 2.05) is 0 Å². The topological polar surface area (TPSA) is 51.2 Å². The molecular formula is C23H45NO4. The van der Waals surface area contributed by atoms with Crippen molar-refractivity contribution < 1.29 is 19.4 Å². The summed E-state index contributed by atoms with van der Waals surface area (Å²) in [6.45, 7) is 10.9. The van der Waals surface area contributed by atoms with Crippen LogP contribution in [-0.4, -0.2) is 53.6 Å². The van der Waals surface area contributed by atoms with Crippen molar-refractivity contribution in [1.29, 1.82) is 0 Å². The van der Waals surface area contributed by atoms with Crippen molar-refractivity contribution in [3.63, 3.8) is 0 Å². The van der Waals surface area contributed by atoms with Crippen LogP contribution < -0.4 is 0 Å². The average molecular weight is 400 g/mol. The molecule has 0 amide bonds. The molecule has 1 N–H and O–H groups in total. The van der Waals surface area contributed by atoms with Crippen LogP contribution in [0.25, 0.3) is 0 Å². The molecule has 1 atom stereocenters. The van der Waals surface area contributed by atoms with E-state index in [0.717, 1.165) is 51.9 Å². The van der Waals surface area contributed by atoms with E-state index < -0.39 is 0 Å². The van der Waals surface area contributed by atoms with Crippen LogP contribution in [0.5, 0.6) is 0 Å². The Balaban J connectivity index is 1.40. The smallest absolute Gasteiger partial charge is 0.157 e. The van der Waals surface area contributed by atoms with Crippen molar-refractivity contribution in [2.75, 3.05) is 19.8 Å². The number of piperidine rings is 1. The highest BCUT2D eigenvalue weighted by molar-refractivity contribution is 4.96. The molecule has 0 aromatic rings. The van der Waals surface area contributed by atoms with Gasteiger partial charge in [-0.25, -0.2) is 0 Å². The Hall–Kier alpha value is -0.200. The first-order chi connectivity index (χ1) is 13.3. The number of hydroxylamine groups is 2. The lowest BCUT2D eigenvalue weighted by molar-refractivity contribution is -0.261. The van der Waals surface area contributed by atoms with Crippen LogP contribution in [0.1, 0.15) is 105 Å². The highest BCUT2D eigenvalue weighted by Gasteiger charge is 2.45. The minimum absolute atomic E-state index is 0.0644. The van der Waals surface area contributed by atoms with Gasteiger partial charge in [0, 0.05) is 30.9 Å². The summed E-state index contributed by atoms with van der Waals surface area (Å²) in [4.78, 5) is 0. The summed E-state index contributed by atoms with van der Waals surface area (Å²) in [7, 11) is 0. The Kier molecular flexibility index (Phi) is 10.2. The van der Waals surface area contributed by atoms with E-state index in [1.54, 1.807) is 0 Å². The minimum Gasteiger partial charge on any atom is -0.378 e. The maximum atomic E-state index is 10.4. The van der Waals surface area contributed by atoms with Gasteiger partial charge >= 0.3 is 0 Å². The van der Waals surface area contributed by atoms with E-state index in [9.17, 15) is 5.21 Å². The molecule has 0 saturated carbocycles. The molecular weight excluding hydrogens is 354 g/mol. The fraction of sp³-hybridized carbons (Fsp3) is 1.00. The maximum absolute atomic E-state index is 10.4. The average Bonchev–Trinajstić information content (AvgIpc) is 2.64. The summed E-state index contributed by atoms with van der Waals surface area (Å²) in [5.41, 5.74) is -0.446. The fourth-order valence-electron chi connectivity index (χ4n) is 4.69. The lowest BCUT2D eigenvalue weighted by atomic mass is 9.80. The number of rotatable bonds is 12. The molecule has 0 radical (unpaired) electrons. The monoisotopic (exact) mass is 399 g/mol. The Morgan fingerprint density at radius 3 is 1.89 bits per heavy atom. The second-order valence-electron chi connectivity index (χ2n) is 9.98. The van der Waals surface area contributed by atoms with Crippen LogP contribution >= 0.6 is 0 Å². The predicted octanol–water partition coefficient (Wildman–Crippen LogP) is 5.69. The van der Waals surface area contributed by atoms with Crippen molar-refractivity contribution >= 4 is 0 Å². The molecule has 2 aliphatic heterocycles. The van der Waals surface area contributed by atoms with E-state index in [-0.39, 0.29) is 23.5 Å². The van der Waals surface area contributed by atoms with Crippen LogP contribution in [0.15, 0.2) is 0 Å². The number of nitrogens with zero attached hydrogens (tertiary/aromatic N) is 1. The Bertz CT molecular complexity index is 403. The number of hydrogen-bond donors (Lipinski definition) is 1. The zero-order chi connectivity index (χ0) is 20.5. The van der Waals surface area contributed by atoms with E-state index >= 15 is 0 Å². The first-order valence-electron chi connectivity index (χ1n) is 11.7. The highest BCUT2D eigenvalue weighted by Crippen LogP contribution is 2.37. The van der Waals surface area contributed by atoms with Gasteiger partial charge in [0.15, 0.2) is 6.29 Å². The first kappa shape index (κ1) is 24.1. The zero-order valence-corrected chi connectivity index (χ0v) is 18.9. The van der Waals surface area contributed by atoms with Gasteiger partial charge in [-0.3, -0.25) is 0 Å². The van der Waals surface area contributed by atoms with Gasteiger partial charge in [-0.15, -0.1) is 0 Å². The highest BCUT2D eigenvalue weighted by atomic mass is 16.7. The van der Waals surface area contributed by atoms with Gasteiger partial charge in [0.1, 0.15) is 0 Å². The van der Waals surface area contributed by atoms with Crippen LogP contribution in [-0.2, 0) is 14.2 Å². The fourth-order valence-corrected chi connectivity index (χ4v) is 4.69. The van der Waals surface area contributed by atoms with Crippen LogP contribution in [0.4, 0.5) is 0 Å². The van der Waals surface area contributed by atoms with Gasteiger partial charge in [-0.05, 0) is 72.6 Å². The summed E-state index contributed by atoms with van der Waals surface area (Å²) in [5, 5.41) is 11.9. The van der Waals surface area contributed by atoms with Crippen LogP contribution in [0.2, 0.25) is 0 Å². The number of ether oxygens (including phenoxy) is 3. The maximum Gasteiger partial charge on any atom is 0.157 e. The zero-order valence-electron chi connectivity index (χ0n) is 18.9. The molecule has 1 unspecified atom stereocenters. The van der Waals surface area contributed by atoms with Crippen molar-refractivity contribution in [3.05, 3.63) is 0 Å². The van der Waals surface area contributed by atoms with E-state index in [2.05, 4.69) is 27.7 Å². The molecule has 28 heavy (non-hydrogen) atoms. The molecule has 0 aromatic carbocycles. The minimum atomic E-state index is -0.223. The predicted molar refractivity (Wildman–Crippen MR) is 113 cm³/mol. The quantitative estimate of drug-likeness (QED) is 0.427. The van der Waals surface area contributed by atoms with Gasteiger partial charge in [0.05, 0.1) is 6.10 Å². The third-order valence-corrected chi connectivity index (χ3v) is 6.19. The van der Waals surface area contributed by atoms with Crippen molar-refractivity contribution in [2.24, 2.45) is 0 Å². The van der Waals surface area contributed by atoms with Gasteiger partial charge in [-0.1, -0.05) is 32.1 Å². The summed E-state index contributed by atoms with van der Waals surface area (Å²) >= 11 is 0. The molecule has 2 rings (SSSR count). The molecule has 166 valence electrons. The Morgan fingerprint density at radius 1 is 0.821 bits per heavy atom. The normalized spacial score (nSPS) is 25.8. The Morgan fingerprint density at radius 2 is 1.36 bits per heavy atom. The summed E-state index contributed by atoms with van der Waals surface area (Å²) in [6.07, 6.45) is 14.3. The molecule has 0 bridgehead atoms. The van der Waals surface area contributed by atoms with E-state index in [0.29, 0.717) is 0 Å². The third-order valence-electron chi connectivity index (χ3n) is 6.19. The lowest BCUT2D eigenvalue weighted by Crippen LogP contribution is -2.60. The second-order valence-corrected chi connectivity index (χ2v) is 9.98. The molecule has 0 aliphatic carbocycles. The summed E-state index contributed by atoms with van der Waals surface area (Å²) in [5.74, 6) is 0. The first-order valence-corrected chi connectivity index (χ1v) is 11.7. The molecule has 2 saturated heterocycles. The molecule has 2 aliphatic rings. The molecule has 2 fully saturated rings. The van der Waals surface area contributed by atoms with Gasteiger partial charge in [0.2, 0.25) is 0 Å². The van der Waals surface area contributed by atoms with Gasteiger partial charge in [0.25, 0.3) is 0 Å². The summed E-state index contributed by atoms with van der Waals surface area (Å²) < 4.78 is 17.5. The second kappa shape index (κ2) is 11.8. The van der Waals surface area contributed by atoms with Crippen LogP contribution in [0, 0.1) is 0 Å². The summed E-state index contributed by atoms with van der Waals surface area (Å²) in [6, 6.07) is 0. The molecule has 2 heterocycles. The number of hydrogen-bond acceptors (Lipinski definition) is 5. The van der Waals surface area contributed by atoms with Crippen molar-refractivity contribution in [1.82, 2.24) is 5.06 Å². The van der Waals surface area contributed by atoms with Gasteiger partial charge < -0.3 is 19.4 Å². The van der Waals surface area contributed by atoms with Crippen molar-refractivity contribution in [3.8, 4) is 0 Å². The standard InChI is InChI=1S/C23H45NO4/c1-22(2)18-20(19-23(3,4)24(22)25)26-15-11-8-6-5-7-9-12-16-27-21-14-10-13-17-28-21/h20-21,25H,5-19H2,1-4H3.